The van der Waals surface area contributed by atoms with E-state index in [0.717, 1.165) is 31.2 Å². The predicted molar refractivity (Wildman–Crippen MR) is 60.9 cm³/mol. The van der Waals surface area contributed by atoms with Crippen LogP contribution in [-0.4, -0.2) is 11.9 Å². The lowest BCUT2D eigenvalue weighted by atomic mass is 9.93. The van der Waals surface area contributed by atoms with E-state index in [4.69, 9.17) is 0 Å². The van der Waals surface area contributed by atoms with Crippen molar-refractivity contribution < 1.29 is 9.18 Å². The molecule has 0 bridgehead atoms. The van der Waals surface area contributed by atoms with Crippen LogP contribution in [0, 0.1) is 5.82 Å². The highest BCUT2D eigenvalue weighted by molar-refractivity contribution is 5.94. The first-order chi connectivity index (χ1) is 7.70. The summed E-state index contributed by atoms with van der Waals surface area (Å²) in [5, 5.41) is 2.83. The van der Waals surface area contributed by atoms with Gasteiger partial charge in [-0.1, -0.05) is 13.0 Å². The number of amides is 1. The molecule has 1 amide bonds. The normalized spacial score (nSPS) is 15.6. The molecule has 86 valence electrons. The summed E-state index contributed by atoms with van der Waals surface area (Å²) in [7, 11) is 0. The van der Waals surface area contributed by atoms with Crippen molar-refractivity contribution in [3.8, 4) is 0 Å². The summed E-state index contributed by atoms with van der Waals surface area (Å²) in [4.78, 5) is 11.7. The molecule has 0 atom stereocenters. The molecular weight excluding hydrogens is 205 g/mol. The highest BCUT2D eigenvalue weighted by Crippen LogP contribution is 2.19. The number of rotatable bonds is 3. The van der Waals surface area contributed by atoms with Crippen molar-refractivity contribution in [3.05, 3.63) is 35.1 Å². The molecule has 1 aromatic rings. The van der Waals surface area contributed by atoms with E-state index in [1.165, 1.54) is 6.07 Å². The molecule has 1 saturated carbocycles. The zero-order valence-electron chi connectivity index (χ0n) is 9.42. The van der Waals surface area contributed by atoms with E-state index in [9.17, 15) is 9.18 Å². The van der Waals surface area contributed by atoms with Gasteiger partial charge in [0.25, 0.3) is 5.91 Å². The smallest absolute Gasteiger partial charge is 0.254 e. The van der Waals surface area contributed by atoms with Gasteiger partial charge < -0.3 is 5.32 Å². The standard InChI is InChI=1S/C13H16FNO/c1-2-9-6-7-11(12(14)8-9)13(16)15-10-4-3-5-10/h6-8,10H,2-5H2,1H3,(H,15,16). The molecule has 0 heterocycles. The van der Waals surface area contributed by atoms with Gasteiger partial charge in [-0.2, -0.15) is 0 Å². The lowest BCUT2D eigenvalue weighted by Gasteiger charge is -2.26. The molecule has 1 aliphatic carbocycles. The summed E-state index contributed by atoms with van der Waals surface area (Å²) >= 11 is 0. The maximum Gasteiger partial charge on any atom is 0.254 e. The molecule has 2 rings (SSSR count). The van der Waals surface area contributed by atoms with Gasteiger partial charge in [-0.25, -0.2) is 4.39 Å². The molecule has 0 saturated heterocycles. The van der Waals surface area contributed by atoms with E-state index in [0.29, 0.717) is 0 Å². The Morgan fingerprint density at radius 2 is 2.25 bits per heavy atom. The van der Waals surface area contributed by atoms with Crippen molar-refractivity contribution in [1.82, 2.24) is 5.32 Å². The van der Waals surface area contributed by atoms with Gasteiger partial charge >= 0.3 is 0 Å². The fraction of sp³-hybridized carbons (Fsp3) is 0.462. The molecule has 16 heavy (non-hydrogen) atoms. The third-order valence-electron chi connectivity index (χ3n) is 3.13. The minimum absolute atomic E-state index is 0.157. The van der Waals surface area contributed by atoms with E-state index in [2.05, 4.69) is 5.32 Å². The van der Waals surface area contributed by atoms with Crippen molar-refractivity contribution in [2.75, 3.05) is 0 Å². The van der Waals surface area contributed by atoms with Crippen LogP contribution in [0.5, 0.6) is 0 Å². The topological polar surface area (TPSA) is 29.1 Å². The molecule has 0 radical (unpaired) electrons. The molecule has 0 aromatic heterocycles. The molecule has 1 aliphatic rings. The van der Waals surface area contributed by atoms with Gasteiger partial charge in [-0.15, -0.1) is 0 Å². The zero-order valence-corrected chi connectivity index (χ0v) is 9.42. The Kier molecular flexibility index (Phi) is 3.22. The minimum atomic E-state index is -0.420. The molecule has 1 aromatic carbocycles. The van der Waals surface area contributed by atoms with E-state index < -0.39 is 5.82 Å². The third-order valence-corrected chi connectivity index (χ3v) is 3.13. The highest BCUT2D eigenvalue weighted by Gasteiger charge is 2.21. The maximum absolute atomic E-state index is 13.6. The molecule has 0 aliphatic heterocycles. The first-order valence-corrected chi connectivity index (χ1v) is 5.80. The highest BCUT2D eigenvalue weighted by atomic mass is 19.1. The summed E-state index contributed by atoms with van der Waals surface area (Å²) in [6.07, 6.45) is 3.96. The van der Waals surface area contributed by atoms with E-state index in [1.54, 1.807) is 12.1 Å². The van der Waals surface area contributed by atoms with Gasteiger partial charge in [0, 0.05) is 6.04 Å². The molecule has 2 nitrogen and oxygen atoms in total. The SMILES string of the molecule is CCc1ccc(C(=O)NC2CCC2)c(F)c1. The van der Waals surface area contributed by atoms with Crippen LogP contribution in [0.1, 0.15) is 42.1 Å². The van der Waals surface area contributed by atoms with Crippen molar-refractivity contribution in [3.63, 3.8) is 0 Å². The van der Waals surface area contributed by atoms with Crippen molar-refractivity contribution in [2.24, 2.45) is 0 Å². The Bertz CT molecular complexity index is 399. The van der Waals surface area contributed by atoms with Crippen LogP contribution in [0.4, 0.5) is 4.39 Å². The van der Waals surface area contributed by atoms with Crippen LogP contribution in [0.15, 0.2) is 18.2 Å². The van der Waals surface area contributed by atoms with Gasteiger partial charge in [0.2, 0.25) is 0 Å². The number of hydrogen-bond acceptors (Lipinski definition) is 1. The molecule has 1 N–H and O–H groups in total. The first-order valence-electron chi connectivity index (χ1n) is 5.80. The van der Waals surface area contributed by atoms with Gasteiger partial charge in [0.1, 0.15) is 5.82 Å². The van der Waals surface area contributed by atoms with Gasteiger partial charge in [0.05, 0.1) is 5.56 Å². The Labute approximate surface area is 94.9 Å². The average Bonchev–Trinajstić information content (AvgIpc) is 2.23. The van der Waals surface area contributed by atoms with Gasteiger partial charge in [-0.05, 0) is 43.4 Å². The van der Waals surface area contributed by atoms with Crippen molar-refractivity contribution in [1.29, 1.82) is 0 Å². The number of nitrogens with one attached hydrogen (secondary N) is 1. The minimum Gasteiger partial charge on any atom is -0.349 e. The Hall–Kier alpha value is -1.38. The molecular formula is C13H16FNO. The number of carbonyl (C=O) groups excluding carboxylic acids is 1. The quantitative estimate of drug-likeness (QED) is 0.835. The average molecular weight is 221 g/mol. The van der Waals surface area contributed by atoms with Crippen LogP contribution >= 0.6 is 0 Å². The molecule has 3 heteroatoms. The summed E-state index contributed by atoms with van der Waals surface area (Å²) in [5.74, 6) is -0.707. The lowest BCUT2D eigenvalue weighted by Crippen LogP contribution is -2.39. The number of carbonyl (C=O) groups is 1. The molecule has 1 fully saturated rings. The predicted octanol–water partition coefficient (Wildman–Crippen LogP) is 2.67. The Morgan fingerprint density at radius 3 is 2.75 bits per heavy atom. The fourth-order valence-electron chi connectivity index (χ4n) is 1.78. The molecule has 0 unspecified atom stereocenters. The monoisotopic (exact) mass is 221 g/mol. The van der Waals surface area contributed by atoms with Crippen LogP contribution in [-0.2, 0) is 6.42 Å². The number of hydrogen-bond donors (Lipinski definition) is 1. The second kappa shape index (κ2) is 4.64. The second-order valence-electron chi connectivity index (χ2n) is 4.27. The summed E-state index contributed by atoms with van der Waals surface area (Å²) in [5.41, 5.74) is 1.07. The number of halogens is 1. The van der Waals surface area contributed by atoms with Crippen molar-refractivity contribution >= 4 is 5.91 Å². The first kappa shape index (κ1) is 11.1. The summed E-state index contributed by atoms with van der Waals surface area (Å²) in [6.45, 7) is 1.96. The fourth-order valence-corrected chi connectivity index (χ4v) is 1.78. The Morgan fingerprint density at radius 1 is 1.50 bits per heavy atom. The lowest BCUT2D eigenvalue weighted by molar-refractivity contribution is 0.0913. The van der Waals surface area contributed by atoms with E-state index in [-0.39, 0.29) is 17.5 Å². The third kappa shape index (κ3) is 2.23. The van der Waals surface area contributed by atoms with Crippen LogP contribution in [0.2, 0.25) is 0 Å². The molecule has 0 spiro atoms. The number of benzene rings is 1. The van der Waals surface area contributed by atoms with Crippen LogP contribution < -0.4 is 5.32 Å². The van der Waals surface area contributed by atoms with Crippen LogP contribution in [0.3, 0.4) is 0 Å². The largest absolute Gasteiger partial charge is 0.349 e. The van der Waals surface area contributed by atoms with Gasteiger partial charge in [-0.3, -0.25) is 4.79 Å². The second-order valence-corrected chi connectivity index (χ2v) is 4.27. The Balaban J connectivity index is 2.09. The number of aryl methyl sites for hydroxylation is 1. The summed E-state index contributed by atoms with van der Waals surface area (Å²) in [6, 6.07) is 5.06. The van der Waals surface area contributed by atoms with E-state index >= 15 is 0 Å². The van der Waals surface area contributed by atoms with Crippen molar-refractivity contribution in [2.45, 2.75) is 38.6 Å². The van der Waals surface area contributed by atoms with Crippen LogP contribution in [0.25, 0.3) is 0 Å². The summed E-state index contributed by atoms with van der Waals surface area (Å²) < 4.78 is 13.6. The zero-order chi connectivity index (χ0) is 11.5. The van der Waals surface area contributed by atoms with E-state index in [1.807, 2.05) is 6.92 Å². The maximum atomic E-state index is 13.6. The van der Waals surface area contributed by atoms with Gasteiger partial charge in [0.15, 0.2) is 0 Å².